The molecule has 0 bridgehead atoms. The van der Waals surface area contributed by atoms with E-state index in [-0.39, 0.29) is 5.75 Å². The third-order valence-corrected chi connectivity index (χ3v) is 4.34. The standard InChI is InChI=1S/C19H14ClN3O/c1-11-4-2-6-15-17(11)23-19(22-15)14-10-12(7-8-16(14)24)13-5-3-9-21-18(13)20/h2-10,24H,1H3,(H,22,23). The van der Waals surface area contributed by atoms with Crippen molar-refractivity contribution < 1.29 is 5.11 Å². The van der Waals surface area contributed by atoms with Crippen LogP contribution in [-0.2, 0) is 0 Å². The number of aromatic hydroxyl groups is 1. The summed E-state index contributed by atoms with van der Waals surface area (Å²) in [5.41, 5.74) is 5.24. The number of aromatic amines is 1. The fourth-order valence-electron chi connectivity index (χ4n) is 2.80. The van der Waals surface area contributed by atoms with Gasteiger partial charge in [0.1, 0.15) is 16.7 Å². The van der Waals surface area contributed by atoms with Crippen molar-refractivity contribution in [2.75, 3.05) is 0 Å². The molecular weight excluding hydrogens is 322 g/mol. The van der Waals surface area contributed by atoms with Crippen LogP contribution < -0.4 is 0 Å². The number of para-hydroxylation sites is 1. The predicted octanol–water partition coefficient (Wildman–Crippen LogP) is 4.96. The second-order valence-electron chi connectivity index (χ2n) is 5.63. The van der Waals surface area contributed by atoms with Gasteiger partial charge >= 0.3 is 0 Å². The van der Waals surface area contributed by atoms with Gasteiger partial charge in [-0.25, -0.2) is 9.97 Å². The molecule has 2 aromatic carbocycles. The van der Waals surface area contributed by atoms with Crippen molar-refractivity contribution in [3.05, 3.63) is 65.4 Å². The van der Waals surface area contributed by atoms with Crippen LogP contribution in [0.15, 0.2) is 54.7 Å². The van der Waals surface area contributed by atoms with Crippen LogP contribution >= 0.6 is 11.6 Å². The molecule has 0 saturated carbocycles. The third kappa shape index (κ3) is 2.41. The average Bonchev–Trinajstić information content (AvgIpc) is 3.01. The number of nitrogens with one attached hydrogen (secondary N) is 1. The van der Waals surface area contributed by atoms with Crippen molar-refractivity contribution in [3.63, 3.8) is 0 Å². The molecule has 2 aromatic heterocycles. The van der Waals surface area contributed by atoms with Crippen LogP contribution in [0.3, 0.4) is 0 Å². The molecule has 118 valence electrons. The minimum Gasteiger partial charge on any atom is -0.507 e. The molecule has 0 unspecified atom stereocenters. The summed E-state index contributed by atoms with van der Waals surface area (Å²) < 4.78 is 0. The molecule has 4 rings (SSSR count). The van der Waals surface area contributed by atoms with E-state index in [4.69, 9.17) is 11.6 Å². The number of H-pyrrole nitrogens is 1. The highest BCUT2D eigenvalue weighted by atomic mass is 35.5. The lowest BCUT2D eigenvalue weighted by molar-refractivity contribution is 0.477. The summed E-state index contributed by atoms with van der Waals surface area (Å²) >= 11 is 6.18. The molecule has 24 heavy (non-hydrogen) atoms. The summed E-state index contributed by atoms with van der Waals surface area (Å²) in [6, 6.07) is 15.0. The van der Waals surface area contributed by atoms with E-state index in [0.717, 1.165) is 27.7 Å². The van der Waals surface area contributed by atoms with E-state index < -0.39 is 0 Å². The van der Waals surface area contributed by atoms with Crippen LogP contribution in [0.5, 0.6) is 5.75 Å². The van der Waals surface area contributed by atoms with E-state index in [1.54, 1.807) is 12.3 Å². The van der Waals surface area contributed by atoms with E-state index in [1.165, 1.54) is 0 Å². The van der Waals surface area contributed by atoms with Gasteiger partial charge in [0.05, 0.1) is 16.6 Å². The first-order valence-electron chi connectivity index (χ1n) is 7.53. The van der Waals surface area contributed by atoms with Crippen molar-refractivity contribution in [2.24, 2.45) is 0 Å². The van der Waals surface area contributed by atoms with Gasteiger partial charge in [0.25, 0.3) is 0 Å². The number of rotatable bonds is 2. The Morgan fingerprint density at radius 3 is 2.71 bits per heavy atom. The molecule has 0 aliphatic rings. The Morgan fingerprint density at radius 1 is 1.04 bits per heavy atom. The highest BCUT2D eigenvalue weighted by Gasteiger charge is 2.13. The monoisotopic (exact) mass is 335 g/mol. The largest absolute Gasteiger partial charge is 0.507 e. The van der Waals surface area contributed by atoms with Gasteiger partial charge in [0.2, 0.25) is 0 Å². The second-order valence-corrected chi connectivity index (χ2v) is 5.99. The van der Waals surface area contributed by atoms with Crippen LogP contribution in [-0.4, -0.2) is 20.1 Å². The zero-order valence-corrected chi connectivity index (χ0v) is 13.7. The van der Waals surface area contributed by atoms with Crippen molar-refractivity contribution in [1.29, 1.82) is 0 Å². The normalized spacial score (nSPS) is 11.1. The lowest BCUT2D eigenvalue weighted by Gasteiger charge is -2.07. The van der Waals surface area contributed by atoms with Gasteiger partial charge in [-0.05, 0) is 48.4 Å². The van der Waals surface area contributed by atoms with Crippen molar-refractivity contribution >= 4 is 22.6 Å². The number of aryl methyl sites for hydroxylation is 1. The molecular formula is C19H14ClN3O. The van der Waals surface area contributed by atoms with Crippen LogP contribution in [0.2, 0.25) is 5.15 Å². The molecule has 0 aliphatic heterocycles. The lowest BCUT2D eigenvalue weighted by Crippen LogP contribution is -1.86. The molecule has 5 heteroatoms. The number of phenolic OH excluding ortho intramolecular Hbond substituents is 1. The fraction of sp³-hybridized carbons (Fsp3) is 0.0526. The molecule has 0 atom stereocenters. The Bertz CT molecular complexity index is 1060. The summed E-state index contributed by atoms with van der Waals surface area (Å²) in [6.07, 6.45) is 1.65. The van der Waals surface area contributed by atoms with Crippen LogP contribution in [0.4, 0.5) is 0 Å². The maximum absolute atomic E-state index is 10.3. The van der Waals surface area contributed by atoms with Gasteiger partial charge in [-0.1, -0.05) is 29.8 Å². The van der Waals surface area contributed by atoms with Crippen LogP contribution in [0.1, 0.15) is 5.56 Å². The molecule has 0 aliphatic carbocycles. The van der Waals surface area contributed by atoms with Crippen molar-refractivity contribution in [2.45, 2.75) is 6.92 Å². The van der Waals surface area contributed by atoms with E-state index in [2.05, 4.69) is 15.0 Å². The highest BCUT2D eigenvalue weighted by molar-refractivity contribution is 6.32. The summed E-state index contributed by atoms with van der Waals surface area (Å²) in [5.74, 6) is 0.786. The molecule has 4 aromatic rings. The summed E-state index contributed by atoms with van der Waals surface area (Å²) in [6.45, 7) is 2.01. The molecule has 0 fully saturated rings. The number of imidazole rings is 1. The number of halogens is 1. The quantitative estimate of drug-likeness (QED) is 0.509. The lowest BCUT2D eigenvalue weighted by atomic mass is 10.0. The first-order chi connectivity index (χ1) is 11.6. The van der Waals surface area contributed by atoms with E-state index in [0.29, 0.717) is 16.5 Å². The zero-order chi connectivity index (χ0) is 16.7. The summed E-state index contributed by atoms with van der Waals surface area (Å²) in [7, 11) is 0. The van der Waals surface area contributed by atoms with Crippen LogP contribution in [0.25, 0.3) is 33.5 Å². The minimum atomic E-state index is 0.162. The highest BCUT2D eigenvalue weighted by Crippen LogP contribution is 2.35. The third-order valence-electron chi connectivity index (χ3n) is 4.04. The number of benzene rings is 2. The van der Waals surface area contributed by atoms with Gasteiger partial charge < -0.3 is 10.1 Å². The Labute approximate surface area is 143 Å². The van der Waals surface area contributed by atoms with Crippen molar-refractivity contribution in [3.8, 4) is 28.3 Å². The molecule has 0 spiro atoms. The van der Waals surface area contributed by atoms with E-state index in [9.17, 15) is 5.11 Å². The second kappa shape index (κ2) is 5.65. The predicted molar refractivity (Wildman–Crippen MR) is 96.2 cm³/mol. The van der Waals surface area contributed by atoms with Gasteiger partial charge in [-0.3, -0.25) is 0 Å². The molecule has 2 N–H and O–H groups in total. The number of hydrogen-bond donors (Lipinski definition) is 2. The fourth-order valence-corrected chi connectivity index (χ4v) is 3.03. The van der Waals surface area contributed by atoms with Gasteiger partial charge in [-0.2, -0.15) is 0 Å². The summed E-state index contributed by atoms with van der Waals surface area (Å²) in [4.78, 5) is 12.0. The first-order valence-corrected chi connectivity index (χ1v) is 7.91. The molecule has 2 heterocycles. The zero-order valence-electron chi connectivity index (χ0n) is 12.9. The van der Waals surface area contributed by atoms with Gasteiger partial charge in [-0.15, -0.1) is 0 Å². The number of nitrogens with zero attached hydrogens (tertiary/aromatic N) is 2. The molecule has 0 radical (unpaired) electrons. The minimum absolute atomic E-state index is 0.162. The number of fused-ring (bicyclic) bond motifs is 1. The Kier molecular flexibility index (Phi) is 3.47. The summed E-state index contributed by atoms with van der Waals surface area (Å²) in [5, 5.41) is 10.7. The Hall–Kier alpha value is -2.85. The average molecular weight is 336 g/mol. The van der Waals surface area contributed by atoms with Crippen molar-refractivity contribution in [1.82, 2.24) is 15.0 Å². The van der Waals surface area contributed by atoms with Gasteiger partial charge in [0.15, 0.2) is 0 Å². The maximum Gasteiger partial charge on any atom is 0.142 e. The SMILES string of the molecule is Cc1cccc2[nH]c(-c3cc(-c4cccnc4Cl)ccc3O)nc12. The number of phenols is 1. The van der Waals surface area contributed by atoms with Crippen LogP contribution in [0, 0.1) is 6.92 Å². The van der Waals surface area contributed by atoms with Gasteiger partial charge in [0, 0.05) is 11.8 Å². The van der Waals surface area contributed by atoms with E-state index >= 15 is 0 Å². The molecule has 0 saturated heterocycles. The smallest absolute Gasteiger partial charge is 0.142 e. The topological polar surface area (TPSA) is 61.8 Å². The Morgan fingerprint density at radius 2 is 1.92 bits per heavy atom. The number of aromatic nitrogens is 3. The Balaban J connectivity index is 1.90. The number of hydrogen-bond acceptors (Lipinski definition) is 3. The molecule has 4 nitrogen and oxygen atoms in total. The number of pyridine rings is 1. The van der Waals surface area contributed by atoms with E-state index in [1.807, 2.05) is 49.4 Å². The maximum atomic E-state index is 10.3. The molecule has 0 amide bonds. The first kappa shape index (κ1) is 14.7.